The second-order valence-corrected chi connectivity index (χ2v) is 8.55. The highest BCUT2D eigenvalue weighted by molar-refractivity contribution is 5.94. The van der Waals surface area contributed by atoms with Crippen LogP contribution >= 0.6 is 0 Å². The zero-order valence-corrected chi connectivity index (χ0v) is 18.9. The number of nitrogens with zero attached hydrogens (tertiary/aromatic N) is 4. The fraction of sp³-hybridized carbons (Fsp3) is 0.375. The average Bonchev–Trinajstić information content (AvgIpc) is 3.28. The lowest BCUT2D eigenvalue weighted by Crippen LogP contribution is -2.44. The Balaban J connectivity index is 1.73. The third-order valence-electron chi connectivity index (χ3n) is 6.62. The summed E-state index contributed by atoms with van der Waals surface area (Å²) < 4.78 is 12.5. The molecule has 4 heterocycles. The van der Waals surface area contributed by atoms with E-state index >= 15 is 0 Å². The zero-order valence-electron chi connectivity index (χ0n) is 18.9. The summed E-state index contributed by atoms with van der Waals surface area (Å²) in [5, 5.41) is 10.0. The fourth-order valence-corrected chi connectivity index (χ4v) is 4.94. The highest BCUT2D eigenvalue weighted by Crippen LogP contribution is 2.39. The predicted octanol–water partition coefficient (Wildman–Crippen LogP) is 2.58. The molecular formula is C24H26N4O5. The van der Waals surface area contributed by atoms with E-state index in [0.717, 1.165) is 43.0 Å². The normalized spacial score (nSPS) is 17.1. The summed E-state index contributed by atoms with van der Waals surface area (Å²) >= 11 is 0. The minimum Gasteiger partial charge on any atom is -0.497 e. The van der Waals surface area contributed by atoms with Crippen LogP contribution in [0.4, 0.5) is 11.5 Å². The number of ether oxygens (including phenoxy) is 2. The molecule has 2 aliphatic rings. The summed E-state index contributed by atoms with van der Waals surface area (Å²) in [6, 6.07) is 7.65. The number of anilines is 2. The van der Waals surface area contributed by atoms with Gasteiger partial charge in [0.05, 0.1) is 31.8 Å². The highest BCUT2D eigenvalue weighted by atomic mass is 16.5. The first-order chi connectivity index (χ1) is 15.9. The number of hydrogen-bond acceptors (Lipinski definition) is 7. The largest absolute Gasteiger partial charge is 0.497 e. The number of pyridine rings is 2. The summed E-state index contributed by atoms with van der Waals surface area (Å²) in [4.78, 5) is 34.3. The van der Waals surface area contributed by atoms with E-state index in [1.54, 1.807) is 30.9 Å². The van der Waals surface area contributed by atoms with Crippen LogP contribution in [0.3, 0.4) is 0 Å². The van der Waals surface area contributed by atoms with Gasteiger partial charge < -0.3 is 28.9 Å². The number of carboxylic acids is 1. The van der Waals surface area contributed by atoms with Crippen molar-refractivity contribution in [3.8, 4) is 11.5 Å². The van der Waals surface area contributed by atoms with E-state index in [0.29, 0.717) is 28.6 Å². The van der Waals surface area contributed by atoms with Crippen molar-refractivity contribution < 1.29 is 19.4 Å². The number of likely N-dealkylation sites (N-methyl/N-ethyl adjacent to an activating group) is 1. The Kier molecular flexibility index (Phi) is 5.11. The molecule has 2 aliphatic heterocycles. The van der Waals surface area contributed by atoms with Crippen molar-refractivity contribution in [3.05, 3.63) is 51.8 Å². The molecule has 0 aliphatic carbocycles. The SMILES string of the molecule is COc1ccc(Cn2cc(C(=O)O)c(=O)c3cc4c(nc32)N2CCC[C@H]2CN4C)c(OC)c1. The third kappa shape index (κ3) is 3.44. The van der Waals surface area contributed by atoms with E-state index in [2.05, 4.69) is 9.80 Å². The Morgan fingerprint density at radius 2 is 2.06 bits per heavy atom. The molecule has 1 N–H and O–H groups in total. The van der Waals surface area contributed by atoms with Crippen molar-refractivity contribution in [2.45, 2.75) is 25.4 Å². The Hall–Kier alpha value is -3.75. The number of aromatic carboxylic acids is 1. The van der Waals surface area contributed by atoms with E-state index < -0.39 is 11.4 Å². The Labute approximate surface area is 190 Å². The van der Waals surface area contributed by atoms with Crippen LogP contribution in [0.25, 0.3) is 11.0 Å². The van der Waals surface area contributed by atoms with Crippen LogP contribution in [0.2, 0.25) is 0 Å². The van der Waals surface area contributed by atoms with Crippen LogP contribution < -0.4 is 24.7 Å². The summed E-state index contributed by atoms with van der Waals surface area (Å²) in [7, 11) is 5.14. The van der Waals surface area contributed by atoms with Gasteiger partial charge in [-0.2, -0.15) is 0 Å². The topological polar surface area (TPSA) is 97.1 Å². The van der Waals surface area contributed by atoms with E-state index in [-0.39, 0.29) is 12.1 Å². The van der Waals surface area contributed by atoms with E-state index in [9.17, 15) is 14.7 Å². The first-order valence-electron chi connectivity index (χ1n) is 10.9. The average molecular weight is 450 g/mol. The molecule has 1 saturated heterocycles. The molecule has 0 spiro atoms. The molecule has 3 aromatic rings. The highest BCUT2D eigenvalue weighted by Gasteiger charge is 2.34. The summed E-state index contributed by atoms with van der Waals surface area (Å²) in [6.45, 7) is 2.07. The Morgan fingerprint density at radius 1 is 1.24 bits per heavy atom. The minimum atomic E-state index is -1.26. The maximum Gasteiger partial charge on any atom is 0.341 e. The maximum absolute atomic E-state index is 13.1. The molecule has 5 rings (SSSR count). The quantitative estimate of drug-likeness (QED) is 0.634. The summed E-state index contributed by atoms with van der Waals surface area (Å²) in [5.74, 6) is 0.844. The smallest absolute Gasteiger partial charge is 0.341 e. The van der Waals surface area contributed by atoms with E-state index in [4.69, 9.17) is 14.5 Å². The van der Waals surface area contributed by atoms with E-state index in [1.807, 2.05) is 19.2 Å². The molecule has 1 atom stereocenters. The molecule has 33 heavy (non-hydrogen) atoms. The van der Waals surface area contributed by atoms with Gasteiger partial charge in [-0.25, -0.2) is 9.78 Å². The molecule has 1 aromatic carbocycles. The second-order valence-electron chi connectivity index (χ2n) is 8.55. The Morgan fingerprint density at radius 3 is 2.79 bits per heavy atom. The van der Waals surface area contributed by atoms with Gasteiger partial charge in [0.15, 0.2) is 5.82 Å². The molecule has 9 nitrogen and oxygen atoms in total. The van der Waals surface area contributed by atoms with Crippen LogP contribution in [-0.4, -0.2) is 61.0 Å². The zero-order chi connectivity index (χ0) is 23.3. The van der Waals surface area contributed by atoms with Crippen LogP contribution in [0.1, 0.15) is 28.8 Å². The molecular weight excluding hydrogens is 424 g/mol. The van der Waals surface area contributed by atoms with Gasteiger partial charge in [-0.3, -0.25) is 4.79 Å². The monoisotopic (exact) mass is 450 g/mol. The van der Waals surface area contributed by atoms with Gasteiger partial charge in [-0.1, -0.05) is 0 Å². The van der Waals surface area contributed by atoms with Gasteiger partial charge >= 0.3 is 5.97 Å². The summed E-state index contributed by atoms with van der Waals surface area (Å²) in [5.41, 5.74) is 1.32. The number of carboxylic acid groups (broad SMARTS) is 1. The Bertz CT molecular complexity index is 1320. The van der Waals surface area contributed by atoms with Crippen molar-refractivity contribution >= 4 is 28.5 Å². The lowest BCUT2D eigenvalue weighted by Gasteiger charge is -2.38. The number of methoxy groups -OCH3 is 2. The van der Waals surface area contributed by atoms with Crippen molar-refractivity contribution in [2.24, 2.45) is 0 Å². The molecule has 0 amide bonds. The number of rotatable bonds is 5. The van der Waals surface area contributed by atoms with Gasteiger partial charge in [0.1, 0.15) is 22.7 Å². The van der Waals surface area contributed by atoms with Crippen LogP contribution in [0.15, 0.2) is 35.3 Å². The molecule has 0 radical (unpaired) electrons. The van der Waals surface area contributed by atoms with Crippen LogP contribution in [-0.2, 0) is 6.54 Å². The van der Waals surface area contributed by atoms with Crippen molar-refractivity contribution in [1.29, 1.82) is 0 Å². The molecule has 0 unspecified atom stereocenters. The van der Waals surface area contributed by atoms with Crippen molar-refractivity contribution in [1.82, 2.24) is 9.55 Å². The molecule has 172 valence electrons. The van der Waals surface area contributed by atoms with Crippen molar-refractivity contribution in [3.63, 3.8) is 0 Å². The number of carbonyl (C=O) groups is 1. The fourth-order valence-electron chi connectivity index (χ4n) is 4.94. The van der Waals surface area contributed by atoms with E-state index in [1.165, 1.54) is 6.20 Å². The number of aromatic nitrogens is 2. The molecule has 2 aromatic heterocycles. The van der Waals surface area contributed by atoms with Crippen molar-refractivity contribution in [2.75, 3.05) is 44.2 Å². The summed E-state index contributed by atoms with van der Waals surface area (Å²) in [6.07, 6.45) is 3.59. The second kappa shape index (κ2) is 7.99. The molecule has 1 fully saturated rings. The number of hydrogen-bond donors (Lipinski definition) is 1. The molecule has 0 saturated carbocycles. The lowest BCUT2D eigenvalue weighted by atomic mass is 10.1. The van der Waals surface area contributed by atoms with Crippen LogP contribution in [0.5, 0.6) is 11.5 Å². The van der Waals surface area contributed by atoms with Gasteiger partial charge in [-0.15, -0.1) is 0 Å². The molecule has 0 bridgehead atoms. The number of fused-ring (bicyclic) bond motifs is 4. The first-order valence-corrected chi connectivity index (χ1v) is 10.9. The number of benzene rings is 1. The van der Waals surface area contributed by atoms with Gasteiger partial charge in [0.2, 0.25) is 5.43 Å². The van der Waals surface area contributed by atoms with Gasteiger partial charge in [0.25, 0.3) is 0 Å². The standard InChI is InChI=1S/C24H26N4O5/c1-26-12-15-5-4-8-28(15)23-19(26)10-17-21(29)18(24(30)31)13-27(22(17)25-23)11-14-6-7-16(32-2)9-20(14)33-3/h6-7,9-10,13,15H,4-5,8,11-12H2,1-3H3,(H,30,31)/t15-/m0/s1. The minimum absolute atomic E-state index is 0.283. The first kappa shape index (κ1) is 21.1. The van der Waals surface area contributed by atoms with Crippen LogP contribution in [0, 0.1) is 0 Å². The maximum atomic E-state index is 13.1. The third-order valence-corrected chi connectivity index (χ3v) is 6.62. The van der Waals surface area contributed by atoms with Gasteiger partial charge in [0, 0.05) is 44.0 Å². The lowest BCUT2D eigenvalue weighted by molar-refractivity contribution is 0.0695. The van der Waals surface area contributed by atoms with Gasteiger partial charge in [-0.05, 0) is 31.0 Å². The molecule has 9 heteroatoms. The predicted molar refractivity (Wildman–Crippen MR) is 125 cm³/mol.